The van der Waals surface area contributed by atoms with Crippen LogP contribution in [-0.4, -0.2) is 25.1 Å². The minimum Gasteiger partial charge on any atom is -0.356 e. The van der Waals surface area contributed by atoms with E-state index in [-0.39, 0.29) is 0 Å². The highest BCUT2D eigenvalue weighted by atomic mass is 79.9. The van der Waals surface area contributed by atoms with E-state index >= 15 is 0 Å². The second-order valence-electron chi connectivity index (χ2n) is 3.86. The Bertz CT molecular complexity index is 335. The lowest BCUT2D eigenvalue weighted by molar-refractivity contribution is 0.799. The third-order valence-electron chi connectivity index (χ3n) is 2.68. The van der Waals surface area contributed by atoms with Crippen LogP contribution in [0.5, 0.6) is 0 Å². The fourth-order valence-electron chi connectivity index (χ4n) is 2.01. The summed E-state index contributed by atoms with van der Waals surface area (Å²) in [6.45, 7) is 3.16. The van der Waals surface area contributed by atoms with Gasteiger partial charge in [0.15, 0.2) is 0 Å². The van der Waals surface area contributed by atoms with Crippen LogP contribution in [0.4, 0.5) is 5.82 Å². The van der Waals surface area contributed by atoms with Crippen molar-refractivity contribution in [2.24, 2.45) is 0 Å². The Labute approximate surface area is 99.0 Å². The number of halogens is 1. The summed E-state index contributed by atoms with van der Waals surface area (Å²) in [5.41, 5.74) is 1.27. The zero-order chi connectivity index (χ0) is 10.7. The van der Waals surface area contributed by atoms with Gasteiger partial charge in [-0.25, -0.2) is 4.98 Å². The summed E-state index contributed by atoms with van der Waals surface area (Å²) < 4.78 is 1.05. The molecule has 1 aliphatic rings. The van der Waals surface area contributed by atoms with Crippen LogP contribution < -0.4 is 10.2 Å². The second kappa shape index (κ2) is 4.94. The van der Waals surface area contributed by atoms with Crippen LogP contribution in [0.2, 0.25) is 0 Å². The second-order valence-corrected chi connectivity index (χ2v) is 4.78. The molecule has 0 radical (unpaired) electrons. The predicted octanol–water partition coefficient (Wildman–Crippen LogP) is 2.16. The first-order valence-electron chi connectivity index (χ1n) is 5.35. The summed E-state index contributed by atoms with van der Waals surface area (Å²) in [6, 6.07) is 2.15. The van der Waals surface area contributed by atoms with Gasteiger partial charge < -0.3 is 10.2 Å². The molecule has 0 amide bonds. The molecule has 0 atom stereocenters. The van der Waals surface area contributed by atoms with Crippen molar-refractivity contribution in [3.05, 3.63) is 22.3 Å². The number of hydrogen-bond acceptors (Lipinski definition) is 3. The molecule has 4 heteroatoms. The number of anilines is 1. The number of pyridine rings is 1. The van der Waals surface area contributed by atoms with E-state index in [0.717, 1.165) is 29.9 Å². The largest absolute Gasteiger partial charge is 0.356 e. The van der Waals surface area contributed by atoms with Crippen molar-refractivity contribution in [1.29, 1.82) is 0 Å². The highest BCUT2D eigenvalue weighted by molar-refractivity contribution is 9.10. The minimum absolute atomic E-state index is 0.873. The Morgan fingerprint density at radius 3 is 2.87 bits per heavy atom. The van der Waals surface area contributed by atoms with Gasteiger partial charge in [-0.05, 0) is 41.9 Å². The molecular formula is C11H16BrN3. The Balaban J connectivity index is 2.27. The van der Waals surface area contributed by atoms with Gasteiger partial charge in [-0.15, -0.1) is 0 Å². The quantitative estimate of drug-likeness (QED) is 0.912. The molecule has 0 aliphatic carbocycles. The fourth-order valence-corrected chi connectivity index (χ4v) is 2.39. The normalized spacial score (nSPS) is 16.0. The number of nitrogens with one attached hydrogen (secondary N) is 1. The molecule has 0 spiro atoms. The Morgan fingerprint density at radius 2 is 2.20 bits per heavy atom. The molecule has 82 valence electrons. The molecule has 1 aromatic rings. The van der Waals surface area contributed by atoms with E-state index in [1.54, 1.807) is 0 Å². The molecule has 2 rings (SSSR count). The molecule has 0 unspecified atom stereocenters. The zero-order valence-electron chi connectivity index (χ0n) is 8.96. The van der Waals surface area contributed by atoms with E-state index in [1.807, 2.05) is 13.2 Å². The maximum atomic E-state index is 4.52. The standard InChI is InChI=1S/C11H16BrN3/c1-13-7-9-6-10(12)8-14-11(9)15-4-2-3-5-15/h6,8,13H,2-5,7H2,1H3. The summed E-state index contributed by atoms with van der Waals surface area (Å²) in [6.07, 6.45) is 4.46. The third kappa shape index (κ3) is 2.49. The molecule has 2 heterocycles. The van der Waals surface area contributed by atoms with Crippen molar-refractivity contribution in [3.63, 3.8) is 0 Å². The average molecular weight is 270 g/mol. The van der Waals surface area contributed by atoms with Gasteiger partial charge in [0.1, 0.15) is 5.82 Å². The van der Waals surface area contributed by atoms with Gasteiger partial charge in [-0.1, -0.05) is 0 Å². The lowest BCUT2D eigenvalue weighted by Gasteiger charge is -2.20. The number of aromatic nitrogens is 1. The zero-order valence-corrected chi connectivity index (χ0v) is 10.5. The van der Waals surface area contributed by atoms with E-state index in [4.69, 9.17) is 0 Å². The van der Waals surface area contributed by atoms with Crippen molar-refractivity contribution in [2.45, 2.75) is 19.4 Å². The summed E-state index contributed by atoms with van der Waals surface area (Å²) >= 11 is 3.47. The highest BCUT2D eigenvalue weighted by Gasteiger charge is 2.16. The van der Waals surface area contributed by atoms with Crippen LogP contribution in [0.3, 0.4) is 0 Å². The molecule has 1 N–H and O–H groups in total. The number of rotatable bonds is 3. The molecule has 1 aromatic heterocycles. The van der Waals surface area contributed by atoms with Crippen molar-refractivity contribution < 1.29 is 0 Å². The van der Waals surface area contributed by atoms with Crippen LogP contribution in [0.1, 0.15) is 18.4 Å². The fraction of sp³-hybridized carbons (Fsp3) is 0.545. The van der Waals surface area contributed by atoms with E-state index in [2.05, 4.69) is 37.2 Å². The summed E-state index contributed by atoms with van der Waals surface area (Å²) in [5.74, 6) is 1.14. The van der Waals surface area contributed by atoms with Crippen LogP contribution in [-0.2, 0) is 6.54 Å². The molecule has 15 heavy (non-hydrogen) atoms. The molecule has 0 aromatic carbocycles. The predicted molar refractivity (Wildman–Crippen MR) is 66.1 cm³/mol. The molecule has 3 nitrogen and oxygen atoms in total. The summed E-state index contributed by atoms with van der Waals surface area (Å²) in [5, 5.41) is 3.19. The van der Waals surface area contributed by atoms with Gasteiger partial charge >= 0.3 is 0 Å². The first-order valence-corrected chi connectivity index (χ1v) is 6.14. The first-order chi connectivity index (χ1) is 7.31. The number of nitrogens with zero attached hydrogens (tertiary/aromatic N) is 2. The van der Waals surface area contributed by atoms with E-state index in [9.17, 15) is 0 Å². The maximum absolute atomic E-state index is 4.52. The SMILES string of the molecule is CNCc1cc(Br)cnc1N1CCCC1. The van der Waals surface area contributed by atoms with Crippen LogP contribution in [0, 0.1) is 0 Å². The summed E-state index contributed by atoms with van der Waals surface area (Å²) in [4.78, 5) is 6.89. The van der Waals surface area contributed by atoms with E-state index in [1.165, 1.54) is 18.4 Å². The monoisotopic (exact) mass is 269 g/mol. The number of hydrogen-bond donors (Lipinski definition) is 1. The smallest absolute Gasteiger partial charge is 0.133 e. The Kier molecular flexibility index (Phi) is 3.59. The highest BCUT2D eigenvalue weighted by Crippen LogP contribution is 2.24. The Morgan fingerprint density at radius 1 is 1.47 bits per heavy atom. The Hall–Kier alpha value is -0.610. The lowest BCUT2D eigenvalue weighted by atomic mass is 10.2. The van der Waals surface area contributed by atoms with Gasteiger partial charge in [0.05, 0.1) is 0 Å². The van der Waals surface area contributed by atoms with E-state index in [0.29, 0.717) is 0 Å². The van der Waals surface area contributed by atoms with E-state index < -0.39 is 0 Å². The van der Waals surface area contributed by atoms with Crippen molar-refractivity contribution >= 4 is 21.7 Å². The molecular weight excluding hydrogens is 254 g/mol. The van der Waals surface area contributed by atoms with Gasteiger partial charge in [0.2, 0.25) is 0 Å². The lowest BCUT2D eigenvalue weighted by Crippen LogP contribution is -2.22. The van der Waals surface area contributed by atoms with Crippen LogP contribution in [0.15, 0.2) is 16.7 Å². The first kappa shape index (κ1) is 10.9. The van der Waals surface area contributed by atoms with Gasteiger partial charge in [0.25, 0.3) is 0 Å². The van der Waals surface area contributed by atoms with Crippen molar-refractivity contribution in [2.75, 3.05) is 25.0 Å². The van der Waals surface area contributed by atoms with Crippen molar-refractivity contribution in [1.82, 2.24) is 10.3 Å². The van der Waals surface area contributed by atoms with Gasteiger partial charge in [-0.3, -0.25) is 0 Å². The molecule has 1 fully saturated rings. The topological polar surface area (TPSA) is 28.2 Å². The molecule has 1 aliphatic heterocycles. The summed E-state index contributed by atoms with van der Waals surface area (Å²) in [7, 11) is 1.97. The molecule has 0 saturated carbocycles. The van der Waals surface area contributed by atoms with Crippen LogP contribution >= 0.6 is 15.9 Å². The van der Waals surface area contributed by atoms with Gasteiger partial charge in [0, 0.05) is 35.9 Å². The van der Waals surface area contributed by atoms with Gasteiger partial charge in [-0.2, -0.15) is 0 Å². The minimum atomic E-state index is 0.873. The van der Waals surface area contributed by atoms with Crippen LogP contribution in [0.25, 0.3) is 0 Å². The van der Waals surface area contributed by atoms with Crippen molar-refractivity contribution in [3.8, 4) is 0 Å². The third-order valence-corrected chi connectivity index (χ3v) is 3.12. The average Bonchev–Trinajstić information content (AvgIpc) is 2.71. The molecule has 1 saturated heterocycles. The maximum Gasteiger partial charge on any atom is 0.133 e. The molecule has 0 bridgehead atoms.